The van der Waals surface area contributed by atoms with Crippen molar-refractivity contribution in [2.75, 3.05) is 18.1 Å². The van der Waals surface area contributed by atoms with E-state index in [4.69, 9.17) is 5.73 Å². The fourth-order valence-electron chi connectivity index (χ4n) is 0.705. The third-order valence-electron chi connectivity index (χ3n) is 1.20. The number of hydrogen-bond donors (Lipinski definition) is 3. The molecule has 0 aliphatic heterocycles. The number of imide groups is 1. The maximum Gasteiger partial charge on any atom is 0.321 e. The van der Waals surface area contributed by atoms with Gasteiger partial charge >= 0.3 is 6.03 Å². The van der Waals surface area contributed by atoms with Crippen molar-refractivity contribution >= 4 is 23.7 Å². The molecule has 0 saturated heterocycles. The van der Waals surface area contributed by atoms with Crippen LogP contribution in [0.2, 0.25) is 0 Å². The Bertz CT molecular complexity index is 197. The van der Waals surface area contributed by atoms with Gasteiger partial charge in [-0.2, -0.15) is 11.8 Å². The molecule has 0 aromatic rings. The number of thioether (sulfide) groups is 1. The molecule has 1 unspecified atom stereocenters. The summed E-state index contributed by atoms with van der Waals surface area (Å²) in [5, 5.41) is 4.67. The molecule has 0 aliphatic carbocycles. The largest absolute Gasteiger partial charge is 0.338 e. The minimum absolute atomic E-state index is 0.0669. The summed E-state index contributed by atoms with van der Waals surface area (Å²) in [5.41, 5.74) is 5.50. The second-order valence-corrected chi connectivity index (χ2v) is 3.93. The maximum absolute atomic E-state index is 11.1. The van der Waals surface area contributed by atoms with Gasteiger partial charge in [0, 0.05) is 18.3 Å². The Morgan fingerprint density at radius 3 is 2.64 bits per heavy atom. The summed E-state index contributed by atoms with van der Waals surface area (Å²) >= 11 is 1.41. The minimum atomic E-state index is -0.445. The average Bonchev–Trinajstić information content (AvgIpc) is 2.03. The molecule has 0 heterocycles. The Kier molecular flexibility index (Phi) is 7.23. The smallest absolute Gasteiger partial charge is 0.321 e. The number of nitrogens with two attached hydrogens (primary N) is 1. The van der Waals surface area contributed by atoms with Crippen LogP contribution in [0.15, 0.2) is 0 Å². The number of hydrogen-bond acceptors (Lipinski definition) is 4. The van der Waals surface area contributed by atoms with Crippen LogP contribution in [-0.4, -0.2) is 36.0 Å². The van der Waals surface area contributed by atoms with Gasteiger partial charge in [0.25, 0.3) is 0 Å². The highest BCUT2D eigenvalue weighted by molar-refractivity contribution is 8.00. The molecule has 0 bridgehead atoms. The number of carbonyl (C=O) groups excluding carboxylic acids is 2. The molecular weight excluding hydrogens is 202 g/mol. The summed E-state index contributed by atoms with van der Waals surface area (Å²) in [6.07, 6.45) is 0. The predicted octanol–water partition coefficient (Wildman–Crippen LogP) is -0.0875. The number of urea groups is 1. The van der Waals surface area contributed by atoms with Gasteiger partial charge in [0.2, 0.25) is 5.91 Å². The van der Waals surface area contributed by atoms with Crippen molar-refractivity contribution < 1.29 is 9.59 Å². The van der Waals surface area contributed by atoms with Crippen molar-refractivity contribution in [3.63, 3.8) is 0 Å². The molecule has 0 aromatic carbocycles. The second-order valence-electron chi connectivity index (χ2n) is 2.90. The molecule has 5 nitrogen and oxygen atoms in total. The first-order chi connectivity index (χ1) is 6.56. The van der Waals surface area contributed by atoms with E-state index in [2.05, 4.69) is 10.6 Å². The molecule has 0 spiro atoms. The van der Waals surface area contributed by atoms with E-state index in [0.29, 0.717) is 12.3 Å². The van der Waals surface area contributed by atoms with Crippen LogP contribution in [0.3, 0.4) is 0 Å². The van der Waals surface area contributed by atoms with Gasteiger partial charge in [0.05, 0.1) is 5.75 Å². The lowest BCUT2D eigenvalue weighted by atomic mass is 10.4. The van der Waals surface area contributed by atoms with Gasteiger partial charge < -0.3 is 11.1 Å². The molecule has 1 atom stereocenters. The topological polar surface area (TPSA) is 84.2 Å². The molecule has 4 N–H and O–H groups in total. The number of carbonyl (C=O) groups is 2. The molecule has 0 rings (SSSR count). The Morgan fingerprint density at radius 2 is 2.14 bits per heavy atom. The van der Waals surface area contributed by atoms with Gasteiger partial charge in [-0.1, -0.05) is 0 Å². The number of amides is 3. The van der Waals surface area contributed by atoms with Crippen LogP contribution >= 0.6 is 11.8 Å². The van der Waals surface area contributed by atoms with Crippen LogP contribution in [0.4, 0.5) is 4.79 Å². The van der Waals surface area contributed by atoms with Crippen molar-refractivity contribution in [2.45, 2.75) is 19.9 Å². The summed E-state index contributed by atoms with van der Waals surface area (Å²) in [4.78, 5) is 21.9. The SMILES string of the molecule is CCNC(=O)NC(=O)CSCC(C)N. The summed E-state index contributed by atoms with van der Waals surface area (Å²) in [5.74, 6) is 0.684. The van der Waals surface area contributed by atoms with E-state index in [-0.39, 0.29) is 17.7 Å². The van der Waals surface area contributed by atoms with E-state index in [0.717, 1.165) is 0 Å². The first-order valence-corrected chi connectivity index (χ1v) is 5.62. The van der Waals surface area contributed by atoms with Crippen LogP contribution in [0.5, 0.6) is 0 Å². The van der Waals surface area contributed by atoms with Crippen molar-refractivity contribution in [1.29, 1.82) is 0 Å². The van der Waals surface area contributed by atoms with E-state index in [1.54, 1.807) is 6.92 Å². The molecule has 0 radical (unpaired) electrons. The van der Waals surface area contributed by atoms with E-state index in [1.807, 2.05) is 6.92 Å². The Hall–Kier alpha value is -0.750. The zero-order valence-corrected chi connectivity index (χ0v) is 9.32. The highest BCUT2D eigenvalue weighted by atomic mass is 32.2. The van der Waals surface area contributed by atoms with Gasteiger partial charge in [-0.05, 0) is 13.8 Å². The van der Waals surface area contributed by atoms with Crippen LogP contribution in [0, 0.1) is 0 Å². The van der Waals surface area contributed by atoms with Gasteiger partial charge in [-0.25, -0.2) is 4.79 Å². The summed E-state index contributed by atoms with van der Waals surface area (Å²) in [6, 6.07) is -0.379. The van der Waals surface area contributed by atoms with E-state index >= 15 is 0 Å². The fraction of sp³-hybridized carbons (Fsp3) is 0.750. The van der Waals surface area contributed by atoms with Crippen LogP contribution in [-0.2, 0) is 4.79 Å². The standard InChI is InChI=1S/C8H17N3O2S/c1-3-10-8(13)11-7(12)5-14-4-6(2)9/h6H,3-5,9H2,1-2H3,(H2,10,11,12,13). The van der Waals surface area contributed by atoms with Crippen molar-refractivity contribution in [3.8, 4) is 0 Å². The molecule has 14 heavy (non-hydrogen) atoms. The first-order valence-electron chi connectivity index (χ1n) is 4.47. The zero-order valence-electron chi connectivity index (χ0n) is 8.50. The van der Waals surface area contributed by atoms with Crippen LogP contribution < -0.4 is 16.4 Å². The molecular formula is C8H17N3O2S. The lowest BCUT2D eigenvalue weighted by Crippen LogP contribution is -2.40. The predicted molar refractivity (Wildman–Crippen MR) is 58.2 cm³/mol. The minimum Gasteiger partial charge on any atom is -0.338 e. The number of rotatable bonds is 5. The van der Waals surface area contributed by atoms with E-state index < -0.39 is 6.03 Å². The quantitative estimate of drug-likeness (QED) is 0.603. The van der Waals surface area contributed by atoms with Gasteiger partial charge in [-0.3, -0.25) is 10.1 Å². The Morgan fingerprint density at radius 1 is 1.50 bits per heavy atom. The molecule has 6 heteroatoms. The second kappa shape index (κ2) is 7.64. The van der Waals surface area contributed by atoms with E-state index in [9.17, 15) is 9.59 Å². The lowest BCUT2D eigenvalue weighted by Gasteiger charge is -2.05. The van der Waals surface area contributed by atoms with E-state index in [1.165, 1.54) is 11.8 Å². The lowest BCUT2D eigenvalue weighted by molar-refractivity contribution is -0.117. The van der Waals surface area contributed by atoms with Crippen molar-refractivity contribution in [3.05, 3.63) is 0 Å². The van der Waals surface area contributed by atoms with Gasteiger partial charge in [0.15, 0.2) is 0 Å². The highest BCUT2D eigenvalue weighted by Gasteiger charge is 2.06. The molecule has 0 aliphatic rings. The van der Waals surface area contributed by atoms with Gasteiger partial charge in [-0.15, -0.1) is 0 Å². The molecule has 3 amide bonds. The Labute approximate surface area is 88.2 Å². The third kappa shape index (κ3) is 7.88. The fourth-order valence-corrected chi connectivity index (χ4v) is 1.45. The molecule has 0 saturated carbocycles. The van der Waals surface area contributed by atoms with Crippen LogP contribution in [0.25, 0.3) is 0 Å². The average molecular weight is 219 g/mol. The summed E-state index contributed by atoms with van der Waals surface area (Å²) in [6.45, 7) is 4.16. The monoisotopic (exact) mass is 219 g/mol. The normalized spacial score (nSPS) is 11.9. The summed E-state index contributed by atoms with van der Waals surface area (Å²) < 4.78 is 0. The van der Waals surface area contributed by atoms with Crippen molar-refractivity contribution in [1.82, 2.24) is 10.6 Å². The first kappa shape index (κ1) is 13.2. The summed E-state index contributed by atoms with van der Waals surface area (Å²) in [7, 11) is 0. The molecule has 0 aromatic heterocycles. The Balaban J connectivity index is 3.50. The maximum atomic E-state index is 11.1. The van der Waals surface area contributed by atoms with Crippen LogP contribution in [0.1, 0.15) is 13.8 Å². The molecule has 0 fully saturated rings. The third-order valence-corrected chi connectivity index (χ3v) is 2.43. The highest BCUT2D eigenvalue weighted by Crippen LogP contribution is 2.00. The zero-order chi connectivity index (χ0) is 11.0. The molecule has 82 valence electrons. The van der Waals surface area contributed by atoms with Crippen molar-refractivity contribution in [2.24, 2.45) is 5.73 Å². The van der Waals surface area contributed by atoms with Gasteiger partial charge in [0.1, 0.15) is 0 Å². The number of nitrogens with one attached hydrogen (secondary N) is 2.